The molecule has 0 unspecified atom stereocenters. The van der Waals surface area contributed by atoms with Crippen LogP contribution in [0.1, 0.15) is 37.7 Å². The predicted molar refractivity (Wildman–Crippen MR) is 122 cm³/mol. The van der Waals surface area contributed by atoms with Gasteiger partial charge in [0.2, 0.25) is 17.7 Å². The minimum absolute atomic E-state index is 0.0100. The fraction of sp³-hybridized carbons (Fsp3) is 0.440. The van der Waals surface area contributed by atoms with Gasteiger partial charge in [-0.1, -0.05) is 42.5 Å². The molecule has 8 nitrogen and oxygen atoms in total. The number of carbonyl (C=O) groups excluding carboxylic acids is 4. The summed E-state index contributed by atoms with van der Waals surface area (Å²) in [5.41, 5.74) is 0.592. The van der Waals surface area contributed by atoms with Crippen LogP contribution in [0.3, 0.4) is 0 Å². The molecule has 0 radical (unpaired) electrons. The zero-order valence-corrected chi connectivity index (χ0v) is 18.8. The highest BCUT2D eigenvalue weighted by atomic mass is 16.5. The van der Waals surface area contributed by atoms with Crippen molar-refractivity contribution in [2.45, 2.75) is 50.1 Å². The van der Waals surface area contributed by atoms with Crippen LogP contribution >= 0.6 is 0 Å². The number of ether oxygens (including phenoxy) is 1. The smallest absolute Gasteiger partial charge is 0.308 e. The summed E-state index contributed by atoms with van der Waals surface area (Å²) in [5.74, 6) is -1.09. The zero-order chi connectivity index (χ0) is 23.4. The van der Waals surface area contributed by atoms with Gasteiger partial charge in [-0.25, -0.2) is 0 Å². The first-order valence-electron chi connectivity index (χ1n) is 11.3. The van der Waals surface area contributed by atoms with Crippen LogP contribution in [0.15, 0.2) is 42.5 Å². The van der Waals surface area contributed by atoms with E-state index in [1.165, 1.54) is 12.0 Å². The first-order chi connectivity index (χ1) is 15.9. The van der Waals surface area contributed by atoms with E-state index in [0.717, 1.165) is 16.3 Å². The summed E-state index contributed by atoms with van der Waals surface area (Å²) in [5, 5.41) is 8.12. The van der Waals surface area contributed by atoms with Gasteiger partial charge in [-0.2, -0.15) is 0 Å². The number of carbonyl (C=O) groups is 4. The second kappa shape index (κ2) is 9.60. The average Bonchev–Trinajstić information content (AvgIpc) is 3.19. The number of methoxy groups -OCH3 is 1. The molecule has 3 amide bonds. The highest BCUT2D eigenvalue weighted by molar-refractivity contribution is 5.92. The Labute approximate surface area is 192 Å². The number of benzene rings is 2. The maximum absolute atomic E-state index is 13.1. The summed E-state index contributed by atoms with van der Waals surface area (Å²) in [6.07, 6.45) is 2.18. The fourth-order valence-electron chi connectivity index (χ4n) is 4.87. The number of amides is 3. The standard InChI is InChI=1S/C25H29N3O5/c1-33-23(31)15-20-24(32)26-12-13-28(20)22(30)9-11-25(10-8-21(29)27-25)16-17-6-7-18-4-2-3-5-19(18)14-17/h2-7,14,20H,8-13,15-16H2,1H3,(H,26,32)(H,27,29)/t20-,25+/m1/s1. The first-order valence-corrected chi connectivity index (χ1v) is 11.3. The SMILES string of the molecule is COC(=O)C[C@@H]1C(=O)NCCN1C(=O)CC[C@]1(Cc2ccc3ccccc3c2)CCC(=O)N1. The molecular formula is C25H29N3O5. The van der Waals surface area contributed by atoms with Crippen LogP contribution < -0.4 is 10.6 Å². The van der Waals surface area contributed by atoms with Gasteiger partial charge in [0.05, 0.1) is 13.5 Å². The third-order valence-electron chi connectivity index (χ3n) is 6.65. The Hall–Kier alpha value is -3.42. The number of hydrogen-bond acceptors (Lipinski definition) is 5. The molecule has 33 heavy (non-hydrogen) atoms. The van der Waals surface area contributed by atoms with Crippen molar-refractivity contribution < 1.29 is 23.9 Å². The number of piperazine rings is 1. The first kappa shape index (κ1) is 22.8. The van der Waals surface area contributed by atoms with Crippen LogP contribution in [0.25, 0.3) is 10.8 Å². The summed E-state index contributed by atoms with van der Waals surface area (Å²) in [6, 6.07) is 13.5. The molecule has 2 aromatic carbocycles. The van der Waals surface area contributed by atoms with E-state index in [2.05, 4.69) is 41.0 Å². The molecule has 0 spiro atoms. The summed E-state index contributed by atoms with van der Waals surface area (Å²) in [6.45, 7) is 0.692. The monoisotopic (exact) mass is 451 g/mol. The molecule has 4 rings (SSSR count). The highest BCUT2D eigenvalue weighted by Crippen LogP contribution is 2.31. The molecule has 2 aliphatic rings. The summed E-state index contributed by atoms with van der Waals surface area (Å²) >= 11 is 0. The van der Waals surface area contributed by atoms with Crippen molar-refractivity contribution in [1.82, 2.24) is 15.5 Å². The third-order valence-corrected chi connectivity index (χ3v) is 6.65. The molecule has 2 fully saturated rings. The van der Waals surface area contributed by atoms with E-state index in [0.29, 0.717) is 38.8 Å². The van der Waals surface area contributed by atoms with E-state index in [1.54, 1.807) is 0 Å². The van der Waals surface area contributed by atoms with E-state index < -0.39 is 17.6 Å². The van der Waals surface area contributed by atoms with Crippen LogP contribution in [0.4, 0.5) is 0 Å². The van der Waals surface area contributed by atoms with Crippen LogP contribution in [0.5, 0.6) is 0 Å². The number of rotatable bonds is 7. The third kappa shape index (κ3) is 5.16. The number of esters is 1. The molecule has 0 bridgehead atoms. The lowest BCUT2D eigenvalue weighted by molar-refractivity contribution is -0.150. The minimum atomic E-state index is -0.867. The van der Waals surface area contributed by atoms with Gasteiger partial charge in [0, 0.05) is 31.5 Å². The van der Waals surface area contributed by atoms with Crippen molar-refractivity contribution in [3.05, 3.63) is 48.0 Å². The lowest BCUT2D eigenvalue weighted by atomic mass is 9.84. The van der Waals surface area contributed by atoms with E-state index in [9.17, 15) is 19.2 Å². The Morgan fingerprint density at radius 2 is 1.94 bits per heavy atom. The molecule has 2 atom stereocenters. The number of nitrogens with zero attached hydrogens (tertiary/aromatic N) is 1. The molecule has 0 saturated carbocycles. The molecule has 2 N–H and O–H groups in total. The van der Waals surface area contributed by atoms with Crippen molar-refractivity contribution in [3.63, 3.8) is 0 Å². The molecule has 2 heterocycles. The van der Waals surface area contributed by atoms with Gasteiger partial charge < -0.3 is 20.3 Å². The fourth-order valence-corrected chi connectivity index (χ4v) is 4.87. The summed E-state index contributed by atoms with van der Waals surface area (Å²) in [4.78, 5) is 50.8. The maximum Gasteiger partial charge on any atom is 0.308 e. The van der Waals surface area contributed by atoms with Gasteiger partial charge in [-0.3, -0.25) is 19.2 Å². The van der Waals surface area contributed by atoms with Gasteiger partial charge in [-0.15, -0.1) is 0 Å². The minimum Gasteiger partial charge on any atom is -0.469 e. The second-order valence-electron chi connectivity index (χ2n) is 8.86. The molecular weight excluding hydrogens is 422 g/mol. The molecule has 8 heteroatoms. The normalized spacial score (nSPS) is 22.7. The molecule has 174 valence electrons. The quantitative estimate of drug-likeness (QED) is 0.624. The lowest BCUT2D eigenvalue weighted by Crippen LogP contribution is -2.58. The van der Waals surface area contributed by atoms with E-state index in [4.69, 9.17) is 4.74 Å². The van der Waals surface area contributed by atoms with Crippen LogP contribution in [0.2, 0.25) is 0 Å². The van der Waals surface area contributed by atoms with Gasteiger partial charge >= 0.3 is 5.97 Å². The topological polar surface area (TPSA) is 105 Å². The van der Waals surface area contributed by atoms with Crippen molar-refractivity contribution in [2.24, 2.45) is 0 Å². The Kier molecular flexibility index (Phi) is 6.62. The Morgan fingerprint density at radius 1 is 1.15 bits per heavy atom. The van der Waals surface area contributed by atoms with Gasteiger partial charge in [0.1, 0.15) is 6.04 Å². The second-order valence-corrected chi connectivity index (χ2v) is 8.86. The Morgan fingerprint density at radius 3 is 2.67 bits per heavy atom. The molecule has 0 aromatic heterocycles. The van der Waals surface area contributed by atoms with Crippen LogP contribution in [0, 0.1) is 0 Å². The largest absolute Gasteiger partial charge is 0.469 e. The Balaban J connectivity index is 1.48. The zero-order valence-electron chi connectivity index (χ0n) is 18.8. The van der Waals surface area contributed by atoms with Gasteiger partial charge in [0.25, 0.3) is 0 Å². The average molecular weight is 452 g/mol. The van der Waals surface area contributed by atoms with Crippen LogP contribution in [-0.2, 0) is 30.3 Å². The van der Waals surface area contributed by atoms with Crippen LogP contribution in [-0.4, -0.2) is 60.4 Å². The lowest BCUT2D eigenvalue weighted by Gasteiger charge is -2.36. The molecule has 2 saturated heterocycles. The number of hydrogen-bond donors (Lipinski definition) is 2. The molecule has 2 aliphatic heterocycles. The van der Waals surface area contributed by atoms with Crippen molar-refractivity contribution in [2.75, 3.05) is 20.2 Å². The molecule has 2 aromatic rings. The summed E-state index contributed by atoms with van der Waals surface area (Å²) in [7, 11) is 1.26. The summed E-state index contributed by atoms with van der Waals surface area (Å²) < 4.78 is 4.69. The van der Waals surface area contributed by atoms with E-state index in [-0.39, 0.29) is 30.6 Å². The molecule has 0 aliphatic carbocycles. The highest BCUT2D eigenvalue weighted by Gasteiger charge is 2.40. The number of fused-ring (bicyclic) bond motifs is 1. The van der Waals surface area contributed by atoms with E-state index >= 15 is 0 Å². The number of nitrogens with one attached hydrogen (secondary N) is 2. The Bertz CT molecular complexity index is 1080. The van der Waals surface area contributed by atoms with Crippen molar-refractivity contribution >= 4 is 34.5 Å². The van der Waals surface area contributed by atoms with Crippen molar-refractivity contribution in [1.29, 1.82) is 0 Å². The van der Waals surface area contributed by atoms with Gasteiger partial charge in [-0.05, 0) is 35.6 Å². The predicted octanol–water partition coefficient (Wildman–Crippen LogP) is 1.70. The van der Waals surface area contributed by atoms with Gasteiger partial charge in [0.15, 0.2) is 0 Å². The maximum atomic E-state index is 13.1. The van der Waals surface area contributed by atoms with Crippen molar-refractivity contribution in [3.8, 4) is 0 Å². The van der Waals surface area contributed by atoms with E-state index in [1.807, 2.05) is 12.1 Å².